The van der Waals surface area contributed by atoms with Crippen molar-refractivity contribution in [3.05, 3.63) is 42.0 Å². The summed E-state index contributed by atoms with van der Waals surface area (Å²) in [5.74, 6) is 0. The summed E-state index contributed by atoms with van der Waals surface area (Å²) >= 11 is 1.72. The molecule has 1 heterocycles. The summed E-state index contributed by atoms with van der Waals surface area (Å²) in [4.78, 5) is 0. The van der Waals surface area contributed by atoms with Crippen LogP contribution in [0.15, 0.2) is 36.4 Å². The highest BCUT2D eigenvalue weighted by Crippen LogP contribution is 2.35. The van der Waals surface area contributed by atoms with Crippen LogP contribution in [-0.4, -0.2) is 0 Å². The van der Waals surface area contributed by atoms with Gasteiger partial charge in [-0.1, -0.05) is 0 Å². The second-order valence-electron chi connectivity index (χ2n) is 3.68. The number of rotatable bonds is 0. The van der Waals surface area contributed by atoms with Crippen LogP contribution in [0.25, 0.3) is 20.2 Å². The molecule has 0 aliphatic carbocycles. The fourth-order valence-corrected chi connectivity index (χ4v) is 2.93. The smallest absolute Gasteiger partial charge is 0.0991 e. The minimum atomic E-state index is 0.689. The predicted molar refractivity (Wildman–Crippen MR) is 68.5 cm³/mol. The Bertz CT molecular complexity index is 735. The first-order valence-electron chi connectivity index (χ1n) is 4.90. The third-order valence-corrected chi connectivity index (χ3v) is 3.77. The maximum absolute atomic E-state index is 8.89. The van der Waals surface area contributed by atoms with E-state index in [1.807, 2.05) is 36.4 Å². The first-order chi connectivity index (χ1) is 7.78. The zero-order chi connectivity index (χ0) is 11.1. The summed E-state index contributed by atoms with van der Waals surface area (Å²) in [6, 6.07) is 13.8. The third kappa shape index (κ3) is 1.24. The van der Waals surface area contributed by atoms with Crippen molar-refractivity contribution >= 4 is 37.2 Å². The molecule has 0 unspecified atom stereocenters. The molecular weight excluding hydrogens is 216 g/mol. The molecule has 0 aliphatic rings. The van der Waals surface area contributed by atoms with Gasteiger partial charge >= 0.3 is 0 Å². The number of benzene rings is 2. The molecule has 0 saturated heterocycles. The fourth-order valence-electron chi connectivity index (χ4n) is 1.86. The molecule has 2 aromatic carbocycles. The van der Waals surface area contributed by atoms with E-state index in [-0.39, 0.29) is 0 Å². The van der Waals surface area contributed by atoms with Crippen LogP contribution < -0.4 is 5.73 Å². The van der Waals surface area contributed by atoms with E-state index < -0.39 is 0 Å². The summed E-state index contributed by atoms with van der Waals surface area (Å²) in [5, 5.41) is 11.1. The molecule has 0 saturated carbocycles. The lowest BCUT2D eigenvalue weighted by Gasteiger charge is -1.94. The monoisotopic (exact) mass is 224 g/mol. The van der Waals surface area contributed by atoms with Gasteiger partial charge in [-0.25, -0.2) is 0 Å². The number of thiophene rings is 1. The molecule has 3 heteroatoms. The van der Waals surface area contributed by atoms with E-state index in [2.05, 4.69) is 6.07 Å². The van der Waals surface area contributed by atoms with Crippen LogP contribution in [0.2, 0.25) is 0 Å². The van der Waals surface area contributed by atoms with E-state index in [0.29, 0.717) is 5.56 Å². The lowest BCUT2D eigenvalue weighted by Crippen LogP contribution is -1.81. The standard InChI is InChI=1S/C13H8N2S/c14-7-8-1-3-12-10(5-8)11-6-9(15)2-4-13(11)16-12/h1-6H,15H2. The minimum absolute atomic E-state index is 0.689. The first kappa shape index (κ1) is 9.20. The van der Waals surface area contributed by atoms with Gasteiger partial charge in [0, 0.05) is 25.9 Å². The van der Waals surface area contributed by atoms with Gasteiger partial charge in [0.05, 0.1) is 11.6 Å². The Morgan fingerprint density at radius 3 is 2.44 bits per heavy atom. The number of nitrogens with two attached hydrogens (primary N) is 1. The van der Waals surface area contributed by atoms with Gasteiger partial charge in [-0.2, -0.15) is 5.26 Å². The molecule has 3 rings (SSSR count). The van der Waals surface area contributed by atoms with Crippen molar-refractivity contribution in [1.29, 1.82) is 5.26 Å². The molecule has 0 fully saturated rings. The average Bonchev–Trinajstić information content (AvgIpc) is 2.66. The molecule has 2 N–H and O–H groups in total. The van der Waals surface area contributed by atoms with Crippen molar-refractivity contribution in [3.63, 3.8) is 0 Å². The van der Waals surface area contributed by atoms with Crippen molar-refractivity contribution in [3.8, 4) is 6.07 Å². The zero-order valence-electron chi connectivity index (χ0n) is 8.40. The Labute approximate surface area is 96.5 Å². The summed E-state index contributed by atoms with van der Waals surface area (Å²) < 4.78 is 2.40. The van der Waals surface area contributed by atoms with Gasteiger partial charge in [-0.15, -0.1) is 11.3 Å². The van der Waals surface area contributed by atoms with E-state index in [9.17, 15) is 0 Å². The van der Waals surface area contributed by atoms with E-state index in [0.717, 1.165) is 16.5 Å². The summed E-state index contributed by atoms with van der Waals surface area (Å²) in [6.45, 7) is 0. The topological polar surface area (TPSA) is 49.8 Å². The highest BCUT2D eigenvalue weighted by molar-refractivity contribution is 7.25. The average molecular weight is 224 g/mol. The molecular formula is C13H8N2S. The molecule has 3 aromatic rings. The lowest BCUT2D eigenvalue weighted by atomic mass is 10.1. The normalized spacial score (nSPS) is 10.7. The number of hydrogen-bond acceptors (Lipinski definition) is 3. The predicted octanol–water partition coefficient (Wildman–Crippen LogP) is 3.51. The second-order valence-corrected chi connectivity index (χ2v) is 4.76. The molecule has 0 spiro atoms. The fraction of sp³-hybridized carbons (Fsp3) is 0. The highest BCUT2D eigenvalue weighted by Gasteiger charge is 2.05. The van der Waals surface area contributed by atoms with Gasteiger partial charge in [0.2, 0.25) is 0 Å². The van der Waals surface area contributed by atoms with E-state index >= 15 is 0 Å². The van der Waals surface area contributed by atoms with Gasteiger partial charge < -0.3 is 5.73 Å². The van der Waals surface area contributed by atoms with Crippen LogP contribution in [0.5, 0.6) is 0 Å². The van der Waals surface area contributed by atoms with Gasteiger partial charge in [0.1, 0.15) is 0 Å². The maximum atomic E-state index is 8.89. The van der Waals surface area contributed by atoms with Crippen LogP contribution >= 0.6 is 11.3 Å². The number of nitrogen functional groups attached to an aromatic ring is 1. The molecule has 2 nitrogen and oxygen atoms in total. The van der Waals surface area contributed by atoms with Crippen molar-refractivity contribution in [2.45, 2.75) is 0 Å². The van der Waals surface area contributed by atoms with Gasteiger partial charge in [0.15, 0.2) is 0 Å². The first-order valence-corrected chi connectivity index (χ1v) is 5.71. The molecule has 0 aliphatic heterocycles. The number of nitrogens with zero attached hydrogens (tertiary/aromatic N) is 1. The SMILES string of the molecule is N#Cc1ccc2sc3ccc(N)cc3c2c1. The van der Waals surface area contributed by atoms with Gasteiger partial charge in [-0.05, 0) is 36.4 Å². The Hall–Kier alpha value is -2.05. The Kier molecular flexibility index (Phi) is 1.85. The van der Waals surface area contributed by atoms with Crippen LogP contribution in [0, 0.1) is 11.3 Å². The Morgan fingerprint density at radius 1 is 1.00 bits per heavy atom. The zero-order valence-corrected chi connectivity index (χ0v) is 9.21. The molecule has 1 aromatic heterocycles. The summed E-state index contributed by atoms with van der Waals surface area (Å²) in [6.07, 6.45) is 0. The number of hydrogen-bond donors (Lipinski definition) is 1. The molecule has 16 heavy (non-hydrogen) atoms. The second kappa shape index (κ2) is 3.22. The van der Waals surface area contributed by atoms with Crippen molar-refractivity contribution in [1.82, 2.24) is 0 Å². The van der Waals surface area contributed by atoms with Gasteiger partial charge in [0.25, 0.3) is 0 Å². The number of nitriles is 1. The quantitative estimate of drug-likeness (QED) is 0.594. The highest BCUT2D eigenvalue weighted by atomic mass is 32.1. The molecule has 0 bridgehead atoms. The number of fused-ring (bicyclic) bond motifs is 3. The van der Waals surface area contributed by atoms with Crippen molar-refractivity contribution in [2.24, 2.45) is 0 Å². The maximum Gasteiger partial charge on any atom is 0.0991 e. The summed E-state index contributed by atoms with van der Waals surface area (Å²) in [7, 11) is 0. The third-order valence-electron chi connectivity index (χ3n) is 2.62. The molecule has 76 valence electrons. The van der Waals surface area contributed by atoms with Crippen molar-refractivity contribution < 1.29 is 0 Å². The van der Waals surface area contributed by atoms with E-state index in [4.69, 9.17) is 11.0 Å². The van der Waals surface area contributed by atoms with Crippen LogP contribution in [0.4, 0.5) is 5.69 Å². The minimum Gasteiger partial charge on any atom is -0.399 e. The van der Waals surface area contributed by atoms with Gasteiger partial charge in [-0.3, -0.25) is 0 Å². The lowest BCUT2D eigenvalue weighted by molar-refractivity contribution is 1.50. The molecule has 0 amide bonds. The van der Waals surface area contributed by atoms with Crippen LogP contribution in [0.1, 0.15) is 5.56 Å². The number of anilines is 1. The largest absolute Gasteiger partial charge is 0.399 e. The molecule has 0 radical (unpaired) electrons. The van der Waals surface area contributed by atoms with Crippen LogP contribution in [0.3, 0.4) is 0 Å². The van der Waals surface area contributed by atoms with E-state index in [1.54, 1.807) is 11.3 Å². The van der Waals surface area contributed by atoms with E-state index in [1.165, 1.54) is 9.40 Å². The van der Waals surface area contributed by atoms with Crippen molar-refractivity contribution in [2.75, 3.05) is 5.73 Å². The summed E-state index contributed by atoms with van der Waals surface area (Å²) in [5.41, 5.74) is 7.23. The van der Waals surface area contributed by atoms with Crippen LogP contribution in [-0.2, 0) is 0 Å². The Balaban J connectivity index is 2.50. The Morgan fingerprint density at radius 2 is 1.69 bits per heavy atom. The molecule has 0 atom stereocenters.